The van der Waals surface area contributed by atoms with E-state index < -0.39 is 5.91 Å². The average Bonchev–Trinajstić information content (AvgIpc) is 3.57. The van der Waals surface area contributed by atoms with Gasteiger partial charge in [0.15, 0.2) is 5.69 Å². The topological polar surface area (TPSA) is 137 Å². The fourth-order valence-electron chi connectivity index (χ4n) is 3.57. The molecule has 37 heavy (non-hydrogen) atoms. The molecular formula is C26H22N8O2S. The lowest BCUT2D eigenvalue weighted by Crippen LogP contribution is -2.21. The Kier molecular flexibility index (Phi) is 7.04. The van der Waals surface area contributed by atoms with Crippen molar-refractivity contribution < 1.29 is 9.42 Å². The summed E-state index contributed by atoms with van der Waals surface area (Å²) >= 11 is 1.51. The van der Waals surface area contributed by atoms with Gasteiger partial charge >= 0.3 is 0 Å². The summed E-state index contributed by atoms with van der Waals surface area (Å²) in [4.78, 5) is 14.1. The van der Waals surface area contributed by atoms with Crippen LogP contribution in [-0.4, -0.2) is 36.9 Å². The molecule has 3 aromatic carbocycles. The molecule has 11 heteroatoms. The van der Waals surface area contributed by atoms with Gasteiger partial charge in [-0.1, -0.05) is 78.0 Å². The molecule has 0 unspecified atom stereocenters. The Balaban J connectivity index is 1.35. The van der Waals surface area contributed by atoms with Gasteiger partial charge in [0, 0.05) is 10.6 Å². The van der Waals surface area contributed by atoms with Crippen LogP contribution >= 0.6 is 11.8 Å². The minimum Gasteiger partial charge on any atom is -0.378 e. The summed E-state index contributed by atoms with van der Waals surface area (Å²) in [5.41, 5.74) is 12.8. The van der Waals surface area contributed by atoms with Crippen LogP contribution in [0.5, 0.6) is 0 Å². The minimum atomic E-state index is -0.509. The van der Waals surface area contributed by atoms with Gasteiger partial charge in [-0.25, -0.2) is 10.1 Å². The van der Waals surface area contributed by atoms with Crippen molar-refractivity contribution in [2.24, 2.45) is 5.10 Å². The van der Waals surface area contributed by atoms with E-state index in [1.54, 1.807) is 0 Å². The van der Waals surface area contributed by atoms with E-state index in [0.29, 0.717) is 17.2 Å². The highest BCUT2D eigenvalue weighted by Gasteiger charge is 2.24. The zero-order valence-electron chi connectivity index (χ0n) is 19.8. The molecule has 0 aliphatic carbocycles. The Bertz CT molecular complexity index is 1530. The Hall–Kier alpha value is -4.77. The molecule has 0 aliphatic rings. The first-order valence-corrected chi connectivity index (χ1v) is 12.3. The predicted octanol–water partition coefficient (Wildman–Crippen LogP) is 4.35. The Labute approximate surface area is 216 Å². The smallest absolute Gasteiger partial charge is 0.293 e. The molecule has 0 saturated carbocycles. The van der Waals surface area contributed by atoms with Crippen LogP contribution in [-0.2, 0) is 5.75 Å². The van der Waals surface area contributed by atoms with Gasteiger partial charge in [-0.2, -0.15) is 9.78 Å². The number of nitrogens with one attached hydrogen (secondary N) is 1. The number of hydrogen-bond acceptors (Lipinski definition) is 9. The SMILES string of the molecule is C/C(=N/NC(=O)c1nnn(-c2nonc2N)c1CSc1ccccc1)c1ccc(-c2ccccc2)cc1. The van der Waals surface area contributed by atoms with Gasteiger partial charge < -0.3 is 5.73 Å². The third kappa shape index (κ3) is 5.41. The number of thioether (sulfide) groups is 1. The molecule has 3 N–H and O–H groups in total. The van der Waals surface area contributed by atoms with Crippen LogP contribution in [0.25, 0.3) is 16.9 Å². The van der Waals surface area contributed by atoms with Crippen LogP contribution in [0.2, 0.25) is 0 Å². The van der Waals surface area contributed by atoms with Gasteiger partial charge in [0.1, 0.15) is 0 Å². The van der Waals surface area contributed by atoms with Crippen molar-refractivity contribution in [3.05, 3.63) is 102 Å². The molecule has 0 fully saturated rings. The second-order valence-electron chi connectivity index (χ2n) is 7.95. The monoisotopic (exact) mass is 510 g/mol. The molecule has 0 bridgehead atoms. The molecule has 0 radical (unpaired) electrons. The van der Waals surface area contributed by atoms with Crippen molar-refractivity contribution in [3.8, 4) is 16.9 Å². The largest absolute Gasteiger partial charge is 0.378 e. The molecule has 2 aromatic heterocycles. The van der Waals surface area contributed by atoms with Crippen LogP contribution < -0.4 is 11.2 Å². The van der Waals surface area contributed by atoms with Crippen molar-refractivity contribution in [2.75, 3.05) is 5.73 Å². The van der Waals surface area contributed by atoms with Gasteiger partial charge in [-0.15, -0.1) is 16.9 Å². The van der Waals surface area contributed by atoms with Crippen LogP contribution in [0.15, 0.2) is 99.6 Å². The molecule has 10 nitrogen and oxygen atoms in total. The molecular weight excluding hydrogens is 488 g/mol. The van der Waals surface area contributed by atoms with Crippen LogP contribution in [0, 0.1) is 0 Å². The van der Waals surface area contributed by atoms with E-state index in [1.165, 1.54) is 16.4 Å². The summed E-state index contributed by atoms with van der Waals surface area (Å²) in [5, 5.41) is 19.8. The van der Waals surface area contributed by atoms with Crippen molar-refractivity contribution >= 4 is 29.2 Å². The Morgan fingerprint density at radius 1 is 0.973 bits per heavy atom. The van der Waals surface area contributed by atoms with Gasteiger partial charge in [-0.05, 0) is 46.1 Å². The van der Waals surface area contributed by atoms with E-state index >= 15 is 0 Å². The van der Waals surface area contributed by atoms with Gasteiger partial charge in [0.25, 0.3) is 5.91 Å². The van der Waals surface area contributed by atoms with Crippen LogP contribution in [0.3, 0.4) is 0 Å². The molecule has 0 spiro atoms. The first-order chi connectivity index (χ1) is 18.1. The Morgan fingerprint density at radius 2 is 1.65 bits per heavy atom. The third-order valence-corrected chi connectivity index (χ3v) is 6.55. The van der Waals surface area contributed by atoms with Crippen LogP contribution in [0.4, 0.5) is 5.82 Å². The Morgan fingerprint density at radius 3 is 2.32 bits per heavy atom. The number of hydrazone groups is 1. The first kappa shape index (κ1) is 23.9. The number of amides is 1. The summed E-state index contributed by atoms with van der Waals surface area (Å²) in [6.07, 6.45) is 0. The third-order valence-electron chi connectivity index (χ3n) is 5.53. The second-order valence-corrected chi connectivity index (χ2v) is 9.00. The van der Waals surface area contributed by atoms with Crippen molar-refractivity contribution in [1.29, 1.82) is 0 Å². The van der Waals surface area contributed by atoms with E-state index in [2.05, 4.69) is 43.3 Å². The highest BCUT2D eigenvalue weighted by Crippen LogP contribution is 2.26. The number of aromatic nitrogens is 5. The van der Waals surface area contributed by atoms with Crippen molar-refractivity contribution in [3.63, 3.8) is 0 Å². The van der Waals surface area contributed by atoms with E-state index in [0.717, 1.165) is 21.6 Å². The summed E-state index contributed by atoms with van der Waals surface area (Å²) in [6.45, 7) is 1.82. The molecule has 5 rings (SSSR count). The number of carbonyl (C=O) groups is 1. The highest BCUT2D eigenvalue weighted by molar-refractivity contribution is 7.98. The molecule has 5 aromatic rings. The maximum absolute atomic E-state index is 13.1. The number of hydrogen-bond donors (Lipinski definition) is 2. The van der Waals surface area contributed by atoms with E-state index in [9.17, 15) is 4.79 Å². The molecule has 0 atom stereocenters. The molecule has 184 valence electrons. The first-order valence-electron chi connectivity index (χ1n) is 11.3. The number of nitrogens with zero attached hydrogens (tertiary/aromatic N) is 6. The molecule has 1 amide bonds. The summed E-state index contributed by atoms with van der Waals surface area (Å²) in [6, 6.07) is 27.8. The quantitative estimate of drug-likeness (QED) is 0.179. The minimum absolute atomic E-state index is 0.0376. The zero-order chi connectivity index (χ0) is 25.6. The van der Waals surface area contributed by atoms with Crippen LogP contribution in [0.1, 0.15) is 28.7 Å². The lowest BCUT2D eigenvalue weighted by atomic mass is 10.0. The fourth-order valence-corrected chi connectivity index (χ4v) is 4.48. The normalized spacial score (nSPS) is 11.4. The fraction of sp³-hybridized carbons (Fsp3) is 0.0769. The van der Waals surface area contributed by atoms with Gasteiger partial charge in [0.05, 0.1) is 11.4 Å². The maximum Gasteiger partial charge on any atom is 0.293 e. The zero-order valence-corrected chi connectivity index (χ0v) is 20.6. The number of nitrogen functional groups attached to an aromatic ring is 1. The van der Waals surface area contributed by atoms with E-state index in [-0.39, 0.29) is 17.3 Å². The lowest BCUT2D eigenvalue weighted by Gasteiger charge is -2.07. The highest BCUT2D eigenvalue weighted by atomic mass is 32.2. The lowest BCUT2D eigenvalue weighted by molar-refractivity contribution is 0.0949. The van der Waals surface area contributed by atoms with Crippen molar-refractivity contribution in [1.82, 2.24) is 30.7 Å². The van der Waals surface area contributed by atoms with Crippen molar-refractivity contribution in [2.45, 2.75) is 17.6 Å². The van der Waals surface area contributed by atoms with Gasteiger partial charge in [-0.3, -0.25) is 4.79 Å². The number of carbonyl (C=O) groups excluding carboxylic acids is 1. The number of nitrogens with two attached hydrogens (primary N) is 1. The molecule has 0 saturated heterocycles. The maximum atomic E-state index is 13.1. The summed E-state index contributed by atoms with van der Waals surface area (Å²) in [7, 11) is 0. The van der Waals surface area contributed by atoms with E-state index in [1.807, 2.05) is 79.7 Å². The molecule has 2 heterocycles. The number of anilines is 1. The number of rotatable bonds is 8. The number of benzene rings is 3. The predicted molar refractivity (Wildman–Crippen MR) is 141 cm³/mol. The molecule has 0 aliphatic heterocycles. The second kappa shape index (κ2) is 10.9. The summed E-state index contributed by atoms with van der Waals surface area (Å²) in [5.74, 6) is 0.0598. The summed E-state index contributed by atoms with van der Waals surface area (Å²) < 4.78 is 6.07. The average molecular weight is 511 g/mol. The van der Waals surface area contributed by atoms with Gasteiger partial charge in [0.2, 0.25) is 11.6 Å². The standard InChI is InChI=1S/C26H22N8O2S/c1-17(18-12-14-20(15-13-18)19-8-4-2-5-9-19)28-30-26(35)23-22(16-37-21-10-6-3-7-11-21)34(33-29-23)25-24(27)31-36-32-25/h2-15H,16H2,1H3,(H2,27,31)(H,30,35)/b28-17-. The van der Waals surface area contributed by atoms with E-state index in [4.69, 9.17) is 10.4 Å².